The van der Waals surface area contributed by atoms with Crippen molar-refractivity contribution in [2.45, 2.75) is 0 Å². The van der Waals surface area contributed by atoms with Crippen molar-refractivity contribution in [3.8, 4) is 11.5 Å². The number of nitrogens with zero attached hydrogens (tertiary/aromatic N) is 2. The molecule has 0 saturated carbocycles. The zero-order valence-electron chi connectivity index (χ0n) is 13.9. The Kier molecular flexibility index (Phi) is 4.52. The molecule has 0 fully saturated rings. The van der Waals surface area contributed by atoms with Crippen molar-refractivity contribution in [2.75, 3.05) is 13.4 Å². The maximum atomic E-state index is 12.2. The van der Waals surface area contributed by atoms with E-state index in [0.717, 1.165) is 0 Å². The van der Waals surface area contributed by atoms with E-state index >= 15 is 0 Å². The van der Waals surface area contributed by atoms with Crippen LogP contribution in [0.1, 0.15) is 16.1 Å². The monoisotopic (exact) mass is 384 g/mol. The largest absolute Gasteiger partial charge is 0.454 e. The normalized spacial score (nSPS) is 12.6. The second-order valence-electron chi connectivity index (χ2n) is 5.65. The highest BCUT2D eigenvalue weighted by Gasteiger charge is 2.17. The average molecular weight is 385 g/mol. The topological polar surface area (TPSA) is 79.1 Å². The van der Waals surface area contributed by atoms with Crippen LogP contribution >= 0.6 is 11.6 Å². The highest BCUT2D eigenvalue weighted by Crippen LogP contribution is 2.32. The number of ketones is 1. The lowest BCUT2D eigenvalue weighted by atomic mass is 10.1. The third-order valence-electron chi connectivity index (χ3n) is 3.94. The van der Waals surface area contributed by atoms with Crippen LogP contribution in [0.15, 0.2) is 48.7 Å². The smallest absolute Gasteiger partial charge is 0.331 e. The van der Waals surface area contributed by atoms with Gasteiger partial charge in [0.15, 0.2) is 29.0 Å². The van der Waals surface area contributed by atoms with E-state index in [9.17, 15) is 9.59 Å². The van der Waals surface area contributed by atoms with Crippen LogP contribution in [0.3, 0.4) is 0 Å². The first-order valence-electron chi connectivity index (χ1n) is 8.02. The fraction of sp³-hybridized carbons (Fsp3) is 0.105. The molecule has 0 atom stereocenters. The number of halogens is 1. The van der Waals surface area contributed by atoms with Crippen LogP contribution in [0.4, 0.5) is 0 Å². The van der Waals surface area contributed by atoms with E-state index in [1.54, 1.807) is 34.9 Å². The van der Waals surface area contributed by atoms with Gasteiger partial charge < -0.3 is 14.2 Å². The summed E-state index contributed by atoms with van der Waals surface area (Å²) in [5.41, 5.74) is 1.58. The highest BCUT2D eigenvalue weighted by molar-refractivity contribution is 6.31. The summed E-state index contributed by atoms with van der Waals surface area (Å²) >= 11 is 6.09. The van der Waals surface area contributed by atoms with E-state index in [1.807, 2.05) is 12.1 Å². The second-order valence-corrected chi connectivity index (χ2v) is 6.01. The molecule has 0 aliphatic carbocycles. The molecule has 1 aliphatic rings. The SMILES string of the molecule is O=C(/C=C/c1c(Cl)nc2ccccn12)OCC(=O)c1ccc2c(c1)OCO2. The number of rotatable bonds is 5. The molecule has 0 N–H and O–H groups in total. The fourth-order valence-corrected chi connectivity index (χ4v) is 2.86. The quantitative estimate of drug-likeness (QED) is 0.382. The number of pyridine rings is 1. The third kappa shape index (κ3) is 3.50. The van der Waals surface area contributed by atoms with Gasteiger partial charge in [-0.2, -0.15) is 0 Å². The first kappa shape index (κ1) is 17.1. The molecule has 0 unspecified atom stereocenters. The van der Waals surface area contributed by atoms with Crippen LogP contribution in [0.5, 0.6) is 11.5 Å². The van der Waals surface area contributed by atoms with Crippen molar-refractivity contribution in [2.24, 2.45) is 0 Å². The number of hydrogen-bond donors (Lipinski definition) is 0. The van der Waals surface area contributed by atoms with Crippen molar-refractivity contribution in [1.29, 1.82) is 0 Å². The zero-order valence-corrected chi connectivity index (χ0v) is 14.7. The molecule has 3 heterocycles. The predicted octanol–water partition coefficient (Wildman–Crippen LogP) is 3.16. The van der Waals surface area contributed by atoms with E-state index in [0.29, 0.717) is 28.4 Å². The maximum Gasteiger partial charge on any atom is 0.331 e. The van der Waals surface area contributed by atoms with Gasteiger partial charge in [0, 0.05) is 17.8 Å². The Labute approximate surface area is 158 Å². The molecule has 1 aromatic carbocycles. The first-order chi connectivity index (χ1) is 13.1. The number of aromatic nitrogens is 2. The molecule has 8 heteroatoms. The van der Waals surface area contributed by atoms with E-state index in [1.165, 1.54) is 12.2 Å². The molecule has 136 valence electrons. The van der Waals surface area contributed by atoms with Crippen LogP contribution in [0, 0.1) is 0 Å². The number of carbonyl (C=O) groups is 2. The standard InChI is InChI=1S/C19H13ClN2O5/c20-19-13(22-8-2-1-3-17(22)21-19)5-7-18(24)25-10-14(23)12-4-6-15-16(9-12)27-11-26-15/h1-9H,10-11H2/b7-5+. The zero-order chi connectivity index (χ0) is 18.8. The van der Waals surface area contributed by atoms with Crippen LogP contribution in [-0.2, 0) is 9.53 Å². The number of imidazole rings is 1. The molecule has 0 spiro atoms. The number of hydrogen-bond acceptors (Lipinski definition) is 6. The van der Waals surface area contributed by atoms with Gasteiger partial charge in [0.25, 0.3) is 0 Å². The van der Waals surface area contributed by atoms with Gasteiger partial charge in [0.2, 0.25) is 6.79 Å². The Balaban J connectivity index is 1.40. The van der Waals surface area contributed by atoms with E-state index in [2.05, 4.69) is 4.98 Å². The van der Waals surface area contributed by atoms with Gasteiger partial charge in [-0.15, -0.1) is 0 Å². The molecule has 7 nitrogen and oxygen atoms in total. The molecule has 4 rings (SSSR count). The molecule has 2 aromatic heterocycles. The number of esters is 1. The summed E-state index contributed by atoms with van der Waals surface area (Å²) in [5, 5.41) is 0.265. The summed E-state index contributed by atoms with van der Waals surface area (Å²) in [6, 6.07) is 10.3. The Morgan fingerprint density at radius 3 is 2.96 bits per heavy atom. The van der Waals surface area contributed by atoms with Gasteiger partial charge in [-0.1, -0.05) is 17.7 Å². The molecule has 0 radical (unpaired) electrons. The van der Waals surface area contributed by atoms with Crippen molar-refractivity contribution >= 4 is 35.1 Å². The molecule has 1 aliphatic heterocycles. The van der Waals surface area contributed by atoms with Gasteiger partial charge in [0.1, 0.15) is 5.65 Å². The summed E-state index contributed by atoms with van der Waals surface area (Å²) in [7, 11) is 0. The summed E-state index contributed by atoms with van der Waals surface area (Å²) in [6.07, 6.45) is 4.48. The van der Waals surface area contributed by atoms with E-state index in [-0.39, 0.29) is 24.3 Å². The van der Waals surface area contributed by atoms with Gasteiger partial charge in [-0.25, -0.2) is 9.78 Å². The Hall–Kier alpha value is -3.32. The summed E-state index contributed by atoms with van der Waals surface area (Å²) < 4.78 is 17.2. The lowest BCUT2D eigenvalue weighted by Crippen LogP contribution is -2.12. The molecular weight excluding hydrogens is 372 g/mol. The average Bonchev–Trinajstić information content (AvgIpc) is 3.27. The van der Waals surface area contributed by atoms with Gasteiger partial charge in [0.05, 0.1) is 5.69 Å². The van der Waals surface area contributed by atoms with E-state index in [4.69, 9.17) is 25.8 Å². The lowest BCUT2D eigenvalue weighted by molar-refractivity contribution is -0.136. The minimum absolute atomic E-state index is 0.124. The summed E-state index contributed by atoms with van der Waals surface area (Å²) in [4.78, 5) is 28.3. The molecule has 0 bridgehead atoms. The molecular formula is C19H13ClN2O5. The Bertz CT molecular complexity index is 1070. The molecule has 27 heavy (non-hydrogen) atoms. The van der Waals surface area contributed by atoms with Crippen molar-refractivity contribution in [3.05, 3.63) is 65.1 Å². The minimum Gasteiger partial charge on any atom is -0.454 e. The third-order valence-corrected chi connectivity index (χ3v) is 4.22. The van der Waals surface area contributed by atoms with Crippen LogP contribution in [-0.4, -0.2) is 34.5 Å². The van der Waals surface area contributed by atoms with Crippen molar-refractivity contribution in [1.82, 2.24) is 9.38 Å². The van der Waals surface area contributed by atoms with Crippen LogP contribution in [0.25, 0.3) is 11.7 Å². The van der Waals surface area contributed by atoms with Gasteiger partial charge >= 0.3 is 5.97 Å². The van der Waals surface area contributed by atoms with Crippen molar-refractivity contribution in [3.63, 3.8) is 0 Å². The summed E-state index contributed by atoms with van der Waals surface area (Å²) in [5.74, 6) is 0.0691. The van der Waals surface area contributed by atoms with Gasteiger partial charge in [-0.3, -0.25) is 9.20 Å². The maximum absolute atomic E-state index is 12.2. The van der Waals surface area contributed by atoms with Crippen LogP contribution < -0.4 is 9.47 Å². The number of benzene rings is 1. The van der Waals surface area contributed by atoms with Crippen LogP contribution in [0.2, 0.25) is 5.15 Å². The molecule has 0 saturated heterocycles. The summed E-state index contributed by atoms with van der Waals surface area (Å²) in [6.45, 7) is -0.262. The van der Waals surface area contributed by atoms with Gasteiger partial charge in [-0.05, 0) is 36.4 Å². The number of carbonyl (C=O) groups excluding carboxylic acids is 2. The Morgan fingerprint density at radius 2 is 2.07 bits per heavy atom. The minimum atomic E-state index is -0.661. The fourth-order valence-electron chi connectivity index (χ4n) is 2.62. The number of Topliss-reactive ketones (excluding diaryl/α,β-unsaturated/α-hetero) is 1. The second kappa shape index (κ2) is 7.13. The number of fused-ring (bicyclic) bond motifs is 2. The highest BCUT2D eigenvalue weighted by atomic mass is 35.5. The van der Waals surface area contributed by atoms with E-state index < -0.39 is 5.97 Å². The number of ether oxygens (including phenoxy) is 3. The first-order valence-corrected chi connectivity index (χ1v) is 8.40. The van der Waals surface area contributed by atoms with Crippen molar-refractivity contribution < 1.29 is 23.8 Å². The molecule has 0 amide bonds. The predicted molar refractivity (Wildman–Crippen MR) is 97.1 cm³/mol. The Morgan fingerprint density at radius 1 is 1.22 bits per heavy atom. The lowest BCUT2D eigenvalue weighted by Gasteiger charge is -2.03. The molecule has 3 aromatic rings.